The van der Waals surface area contributed by atoms with Crippen LogP contribution in [0.25, 0.3) is 22.2 Å². The number of rotatable bonds is 7. The van der Waals surface area contributed by atoms with Gasteiger partial charge in [-0.15, -0.1) is 0 Å². The molecule has 1 fully saturated rings. The second-order valence-electron chi connectivity index (χ2n) is 9.54. The van der Waals surface area contributed by atoms with Gasteiger partial charge in [-0.1, -0.05) is 36.8 Å². The minimum Gasteiger partial charge on any atom is -0.492 e. The fourth-order valence-corrected chi connectivity index (χ4v) is 5.41. The number of piperidine rings is 1. The third-order valence-corrected chi connectivity index (χ3v) is 7.26. The standard InChI is InChI=1S/C30H32N2O3/c1-22-26-7-3-4-8-27(26)32(30(22)24-11-14-28-29(19-24)35-21-34-28)20-23-9-12-25(13-10-23)33-18-17-31-15-5-2-6-16-31/h3-4,7-14,19H,2,5-6,15-18,20-21H2,1H3. The number of hydrogen-bond acceptors (Lipinski definition) is 4. The third kappa shape index (κ3) is 4.48. The van der Waals surface area contributed by atoms with Crippen LogP contribution in [0.15, 0.2) is 66.7 Å². The Labute approximate surface area is 206 Å². The van der Waals surface area contributed by atoms with Crippen molar-refractivity contribution in [3.8, 4) is 28.5 Å². The number of hydrogen-bond donors (Lipinski definition) is 0. The quantitative estimate of drug-likeness (QED) is 0.321. The van der Waals surface area contributed by atoms with Crippen LogP contribution < -0.4 is 14.2 Å². The normalized spacial score (nSPS) is 15.6. The second kappa shape index (κ2) is 9.67. The molecule has 0 N–H and O–H groups in total. The summed E-state index contributed by atoms with van der Waals surface area (Å²) in [6, 6.07) is 23.4. The van der Waals surface area contributed by atoms with Crippen LogP contribution in [0.2, 0.25) is 0 Å². The van der Waals surface area contributed by atoms with Crippen LogP contribution in [0.4, 0.5) is 0 Å². The van der Waals surface area contributed by atoms with Crippen molar-refractivity contribution in [2.75, 3.05) is 33.0 Å². The van der Waals surface area contributed by atoms with Gasteiger partial charge in [0, 0.05) is 29.6 Å². The van der Waals surface area contributed by atoms with Gasteiger partial charge < -0.3 is 18.8 Å². The molecule has 1 saturated heterocycles. The van der Waals surface area contributed by atoms with Gasteiger partial charge in [-0.2, -0.15) is 0 Å². The fourth-order valence-electron chi connectivity index (χ4n) is 5.41. The molecule has 5 nitrogen and oxygen atoms in total. The first-order valence-electron chi connectivity index (χ1n) is 12.7. The van der Waals surface area contributed by atoms with E-state index in [1.54, 1.807) is 0 Å². The van der Waals surface area contributed by atoms with E-state index in [4.69, 9.17) is 14.2 Å². The SMILES string of the molecule is Cc1c(-c2ccc3c(c2)OCO3)n(Cc2ccc(OCCN3CCCCC3)cc2)c2ccccc12. The molecule has 3 aromatic carbocycles. The van der Waals surface area contributed by atoms with Gasteiger partial charge >= 0.3 is 0 Å². The van der Waals surface area contributed by atoms with E-state index in [2.05, 4.69) is 77.1 Å². The van der Waals surface area contributed by atoms with Crippen molar-refractivity contribution in [1.82, 2.24) is 9.47 Å². The summed E-state index contributed by atoms with van der Waals surface area (Å²) >= 11 is 0. The lowest BCUT2D eigenvalue weighted by atomic mass is 10.1. The van der Waals surface area contributed by atoms with Crippen LogP contribution in [-0.2, 0) is 6.54 Å². The molecule has 4 aromatic rings. The Kier molecular flexibility index (Phi) is 6.09. The van der Waals surface area contributed by atoms with Gasteiger partial charge in [-0.05, 0) is 80.4 Å². The summed E-state index contributed by atoms with van der Waals surface area (Å²) in [7, 11) is 0. The Hall–Kier alpha value is -3.44. The highest BCUT2D eigenvalue weighted by atomic mass is 16.7. The molecule has 2 aliphatic rings. The van der Waals surface area contributed by atoms with Crippen LogP contribution in [0.1, 0.15) is 30.4 Å². The number of nitrogens with zero attached hydrogens (tertiary/aromatic N) is 2. The van der Waals surface area contributed by atoms with Gasteiger partial charge in [-0.25, -0.2) is 0 Å². The third-order valence-electron chi connectivity index (χ3n) is 7.26. The Morgan fingerprint density at radius 2 is 1.66 bits per heavy atom. The van der Waals surface area contributed by atoms with Crippen molar-refractivity contribution >= 4 is 10.9 Å². The summed E-state index contributed by atoms with van der Waals surface area (Å²) in [5.41, 5.74) is 6.11. The molecule has 0 amide bonds. The lowest BCUT2D eigenvalue weighted by Crippen LogP contribution is -2.33. The zero-order valence-corrected chi connectivity index (χ0v) is 20.3. The maximum Gasteiger partial charge on any atom is 0.231 e. The smallest absolute Gasteiger partial charge is 0.231 e. The Balaban J connectivity index is 1.24. The number of benzene rings is 3. The largest absolute Gasteiger partial charge is 0.492 e. The topological polar surface area (TPSA) is 35.9 Å². The lowest BCUT2D eigenvalue weighted by Gasteiger charge is -2.26. The van der Waals surface area contributed by atoms with Gasteiger partial charge in [0.05, 0.1) is 5.69 Å². The zero-order chi connectivity index (χ0) is 23.6. The van der Waals surface area contributed by atoms with Crippen molar-refractivity contribution in [3.63, 3.8) is 0 Å². The molecule has 3 heterocycles. The van der Waals surface area contributed by atoms with E-state index in [1.807, 2.05) is 6.07 Å². The van der Waals surface area contributed by atoms with Gasteiger partial charge in [0.25, 0.3) is 0 Å². The van der Waals surface area contributed by atoms with E-state index in [0.717, 1.165) is 42.5 Å². The van der Waals surface area contributed by atoms with Crippen molar-refractivity contribution in [2.24, 2.45) is 0 Å². The van der Waals surface area contributed by atoms with Crippen LogP contribution in [0, 0.1) is 6.92 Å². The minimum atomic E-state index is 0.285. The van der Waals surface area contributed by atoms with Crippen LogP contribution in [0.3, 0.4) is 0 Å². The summed E-state index contributed by atoms with van der Waals surface area (Å²) in [5, 5.41) is 1.28. The van der Waals surface area contributed by atoms with Crippen molar-refractivity contribution in [3.05, 3.63) is 77.9 Å². The van der Waals surface area contributed by atoms with Gasteiger partial charge in [0.2, 0.25) is 6.79 Å². The molecule has 0 bridgehead atoms. The molecule has 0 atom stereocenters. The van der Waals surface area contributed by atoms with Crippen LogP contribution in [0.5, 0.6) is 17.2 Å². The molecule has 1 aromatic heterocycles. The highest BCUT2D eigenvalue weighted by Gasteiger charge is 2.20. The van der Waals surface area contributed by atoms with Crippen LogP contribution >= 0.6 is 0 Å². The molecule has 0 unspecified atom stereocenters. The predicted molar refractivity (Wildman–Crippen MR) is 140 cm³/mol. The second-order valence-corrected chi connectivity index (χ2v) is 9.54. The summed E-state index contributed by atoms with van der Waals surface area (Å²) in [6.07, 6.45) is 4.00. The maximum atomic E-state index is 6.05. The summed E-state index contributed by atoms with van der Waals surface area (Å²) < 4.78 is 19.7. The molecule has 6 rings (SSSR count). The van der Waals surface area contributed by atoms with Crippen molar-refractivity contribution < 1.29 is 14.2 Å². The molecular formula is C30H32N2O3. The molecule has 0 radical (unpaired) electrons. The monoisotopic (exact) mass is 468 g/mol. The van der Waals surface area contributed by atoms with E-state index >= 15 is 0 Å². The van der Waals surface area contributed by atoms with E-state index in [9.17, 15) is 0 Å². The first-order valence-corrected chi connectivity index (χ1v) is 12.7. The average molecular weight is 469 g/mol. The number of para-hydroxylation sites is 1. The first kappa shape index (κ1) is 22.1. The fraction of sp³-hybridized carbons (Fsp3) is 0.333. The molecule has 0 spiro atoms. The van der Waals surface area contributed by atoms with Gasteiger partial charge in [-0.3, -0.25) is 4.90 Å². The van der Waals surface area contributed by atoms with Crippen molar-refractivity contribution in [2.45, 2.75) is 32.7 Å². The van der Waals surface area contributed by atoms with E-state index in [1.165, 1.54) is 60.1 Å². The molecular weight excluding hydrogens is 436 g/mol. The van der Waals surface area contributed by atoms with Crippen molar-refractivity contribution in [1.29, 1.82) is 0 Å². The highest BCUT2D eigenvalue weighted by Crippen LogP contribution is 2.40. The molecule has 5 heteroatoms. The first-order chi connectivity index (χ1) is 17.3. The maximum absolute atomic E-state index is 6.05. The van der Waals surface area contributed by atoms with Crippen LogP contribution in [-0.4, -0.2) is 42.5 Å². The Bertz CT molecular complexity index is 1320. The van der Waals surface area contributed by atoms with Gasteiger partial charge in [0.1, 0.15) is 12.4 Å². The minimum absolute atomic E-state index is 0.285. The van der Waals surface area contributed by atoms with E-state index in [-0.39, 0.29) is 6.79 Å². The summed E-state index contributed by atoms with van der Waals surface area (Å²) in [6.45, 7) is 7.44. The van der Waals surface area contributed by atoms with E-state index in [0.29, 0.717) is 0 Å². The molecule has 35 heavy (non-hydrogen) atoms. The number of aromatic nitrogens is 1. The zero-order valence-electron chi connectivity index (χ0n) is 20.3. The molecule has 180 valence electrons. The lowest BCUT2D eigenvalue weighted by molar-refractivity contribution is 0.174. The number of ether oxygens (including phenoxy) is 3. The highest BCUT2D eigenvalue weighted by molar-refractivity contribution is 5.92. The Morgan fingerprint density at radius 1 is 0.857 bits per heavy atom. The number of likely N-dealkylation sites (tertiary alicyclic amines) is 1. The summed E-state index contributed by atoms with van der Waals surface area (Å²) in [5.74, 6) is 2.56. The number of fused-ring (bicyclic) bond motifs is 2. The Morgan fingerprint density at radius 3 is 2.51 bits per heavy atom. The predicted octanol–water partition coefficient (Wildman–Crippen LogP) is 6.26. The van der Waals surface area contributed by atoms with E-state index < -0.39 is 0 Å². The molecule has 2 aliphatic heterocycles. The number of aryl methyl sites for hydroxylation is 1. The summed E-state index contributed by atoms with van der Waals surface area (Å²) in [4.78, 5) is 2.51. The molecule has 0 aliphatic carbocycles. The molecule has 0 saturated carbocycles. The average Bonchev–Trinajstić information content (AvgIpc) is 3.48. The van der Waals surface area contributed by atoms with Gasteiger partial charge in [0.15, 0.2) is 11.5 Å².